The number of hydrogen-bond acceptors (Lipinski definition) is 16. The number of unbranched alkanes of at least 4 members (excludes halogenated alkanes) is 36. The van der Waals surface area contributed by atoms with Crippen LogP contribution in [0.25, 0.3) is 0 Å². The minimum Gasteiger partial charge on any atom is -0.480 e. The van der Waals surface area contributed by atoms with Crippen molar-refractivity contribution in [2.75, 3.05) is 13.2 Å². The normalized spacial score (nSPS) is 17.6. The molecule has 1 unspecified atom stereocenters. The van der Waals surface area contributed by atoms with Crippen LogP contribution in [0.4, 0.5) is 0 Å². The van der Waals surface area contributed by atoms with Crippen LogP contribution in [0, 0.1) is 0 Å². The molecular formula is C75H139N2O19P. The number of carboxylic acids is 1. The van der Waals surface area contributed by atoms with E-state index in [9.17, 15) is 58.1 Å². The fourth-order valence-electron chi connectivity index (χ4n) is 12.4. The summed E-state index contributed by atoms with van der Waals surface area (Å²) < 4.78 is 54.5. The first-order valence-electron chi connectivity index (χ1n) is 39.1. The Labute approximate surface area is 585 Å². The zero-order chi connectivity index (χ0) is 71.6. The maximum Gasteiger partial charge on any atom is 0.470 e. The van der Waals surface area contributed by atoms with Crippen LogP contribution < -0.4 is 10.6 Å². The highest BCUT2D eigenvalue weighted by Crippen LogP contribution is 2.42. The first kappa shape index (κ1) is 91.3. The molecule has 0 aromatic rings. The Kier molecular flexibility index (Phi) is 57.4. The molecule has 0 radical (unpaired) electrons. The van der Waals surface area contributed by atoms with Crippen LogP contribution in [0.1, 0.15) is 369 Å². The van der Waals surface area contributed by atoms with Gasteiger partial charge in [0.25, 0.3) is 0 Å². The molecule has 0 spiro atoms. The Morgan fingerprint density at radius 1 is 0.423 bits per heavy atom. The molecule has 2 amide bonds. The van der Waals surface area contributed by atoms with E-state index in [0.717, 1.165) is 186 Å². The second-order valence-corrected chi connectivity index (χ2v) is 28.6. The van der Waals surface area contributed by atoms with Crippen LogP contribution in [0.15, 0.2) is 0 Å². The topological polar surface area (TPSA) is 306 Å². The molecule has 1 rings (SSSR count). The fraction of sp³-hybridized carbons (Fsp3) is 0.907. The first-order valence-corrected chi connectivity index (χ1v) is 40.6. The van der Waals surface area contributed by atoms with E-state index in [1.54, 1.807) is 0 Å². The zero-order valence-electron chi connectivity index (χ0n) is 61.5. The van der Waals surface area contributed by atoms with Crippen LogP contribution in [0.5, 0.6) is 0 Å². The molecule has 568 valence electrons. The van der Waals surface area contributed by atoms with E-state index in [-0.39, 0.29) is 32.1 Å². The minimum atomic E-state index is -5.55. The number of phosphoric acid groups is 1. The summed E-state index contributed by atoms with van der Waals surface area (Å²) in [5, 5.41) is 26.8. The van der Waals surface area contributed by atoms with Crippen molar-refractivity contribution in [1.29, 1.82) is 0 Å². The highest BCUT2D eigenvalue weighted by Gasteiger charge is 2.52. The van der Waals surface area contributed by atoms with Crippen molar-refractivity contribution in [1.82, 2.24) is 10.6 Å². The number of ether oxygens (including phenoxy) is 6. The van der Waals surface area contributed by atoms with E-state index in [4.69, 9.17) is 32.9 Å². The third-order valence-corrected chi connectivity index (χ3v) is 18.7. The number of esters is 4. The van der Waals surface area contributed by atoms with E-state index >= 15 is 0 Å². The molecule has 97 heavy (non-hydrogen) atoms. The summed E-state index contributed by atoms with van der Waals surface area (Å²) in [6.45, 7) is 10.9. The summed E-state index contributed by atoms with van der Waals surface area (Å²) in [5.41, 5.74) is 0. The van der Waals surface area contributed by atoms with Crippen LogP contribution in [0.2, 0.25) is 0 Å². The van der Waals surface area contributed by atoms with Crippen molar-refractivity contribution in [3.63, 3.8) is 0 Å². The Hall–Kier alpha value is -3.72. The number of rotatable bonds is 67. The molecular weight excluding hydrogens is 1260 g/mol. The van der Waals surface area contributed by atoms with Crippen molar-refractivity contribution in [2.45, 2.75) is 424 Å². The highest BCUT2D eigenvalue weighted by atomic mass is 31.2. The smallest absolute Gasteiger partial charge is 0.470 e. The number of aliphatic hydroxyl groups excluding tert-OH is 1. The summed E-state index contributed by atoms with van der Waals surface area (Å²) in [4.78, 5) is 117. The number of hydrogen-bond donors (Lipinski definition) is 6. The molecule has 9 atom stereocenters. The van der Waals surface area contributed by atoms with Crippen molar-refractivity contribution >= 4 is 49.5 Å². The van der Waals surface area contributed by atoms with Gasteiger partial charge in [0.05, 0.1) is 32.5 Å². The number of aliphatic carboxylic acids is 1. The van der Waals surface area contributed by atoms with Crippen molar-refractivity contribution in [3.05, 3.63) is 0 Å². The standard InChI is InChI=1S/C75H139N2O19P/c1-7-13-19-25-28-31-34-40-43-49-60(91-67(81)52-46-37-22-16-10-4)55-65(79)76-63(74(85)86)59-90-75-71(77-66(80)56-61(92-68(82)53-47-38-23-17-11-5)50-44-41-35-32-29-26-20-14-8-2)73(72(64(58-78)94-75)96-97(87,88)89)95-70(84)57-62(93-69(83)54-48-39-24-18-12-6)51-45-42-36-33-30-27-21-15-9-3/h60-64,71-73,75,78H,7-59H2,1-6H3,(H,76,79)(H,77,80)(H,85,86)(H2,87,88,89)/t60-,61-,62-,63+,64-,71-,72-,73-,75?/m1/s1. The maximum atomic E-state index is 14.7. The van der Waals surface area contributed by atoms with Crippen molar-refractivity contribution < 1.29 is 91.1 Å². The molecule has 1 saturated heterocycles. The van der Waals surface area contributed by atoms with Crippen LogP contribution in [-0.2, 0) is 71.1 Å². The molecule has 6 N–H and O–H groups in total. The zero-order valence-corrected chi connectivity index (χ0v) is 62.4. The first-order chi connectivity index (χ1) is 46.8. The van der Waals surface area contributed by atoms with Gasteiger partial charge in [-0.15, -0.1) is 0 Å². The third-order valence-electron chi connectivity index (χ3n) is 18.2. The van der Waals surface area contributed by atoms with E-state index in [2.05, 4.69) is 52.2 Å². The van der Waals surface area contributed by atoms with E-state index < -0.39 is 131 Å². The molecule has 1 aliphatic heterocycles. The van der Waals surface area contributed by atoms with Gasteiger partial charge in [0.1, 0.15) is 36.6 Å². The number of phosphoric ester groups is 1. The number of carboxylic acid groups (broad SMARTS) is 1. The van der Waals surface area contributed by atoms with Crippen molar-refractivity contribution in [2.24, 2.45) is 0 Å². The lowest BCUT2D eigenvalue weighted by Gasteiger charge is -2.45. The van der Waals surface area contributed by atoms with Gasteiger partial charge in [-0.05, 0) is 57.8 Å². The average molecular weight is 1400 g/mol. The molecule has 1 heterocycles. The second-order valence-electron chi connectivity index (χ2n) is 27.4. The SMILES string of the molecule is CCCCCCCCCCC[C@H](CC(=O)N[C@@H](COC1O[C@H](CO)[C@@H](OP(=O)(O)O)[C@H](OC(=O)C[C@@H](CCCCCCCCCCC)OC(=O)CCCCCCC)[C@H]1NC(=O)C[C@@H](CCCCCCCCCCC)OC(=O)CCCCCCC)C(=O)O)OC(=O)CCCCCCC. The number of carbonyl (C=O) groups excluding carboxylic acids is 6. The summed E-state index contributed by atoms with van der Waals surface area (Å²) in [6, 6.07) is -3.59. The van der Waals surface area contributed by atoms with Crippen LogP contribution >= 0.6 is 7.82 Å². The van der Waals surface area contributed by atoms with Gasteiger partial charge >= 0.3 is 37.7 Å². The Morgan fingerprint density at radius 3 is 1.07 bits per heavy atom. The monoisotopic (exact) mass is 1400 g/mol. The Bertz CT molecular complexity index is 2060. The molecule has 1 fully saturated rings. The van der Waals surface area contributed by atoms with Gasteiger partial charge < -0.3 is 59.1 Å². The van der Waals surface area contributed by atoms with E-state index in [1.165, 1.54) is 44.9 Å². The molecule has 22 heteroatoms. The lowest BCUT2D eigenvalue weighted by atomic mass is 9.95. The molecule has 1 aliphatic rings. The fourth-order valence-corrected chi connectivity index (χ4v) is 13.0. The predicted molar refractivity (Wildman–Crippen MR) is 379 cm³/mol. The molecule has 0 aromatic heterocycles. The maximum absolute atomic E-state index is 14.7. The number of aliphatic hydroxyl groups is 1. The third kappa shape index (κ3) is 50.3. The largest absolute Gasteiger partial charge is 0.480 e. The number of amides is 2. The predicted octanol–water partition coefficient (Wildman–Crippen LogP) is 16.9. The van der Waals surface area contributed by atoms with Gasteiger partial charge in [-0.2, -0.15) is 0 Å². The summed E-state index contributed by atoms with van der Waals surface area (Å²) in [7, 11) is -5.55. The van der Waals surface area contributed by atoms with Gasteiger partial charge in [0.2, 0.25) is 11.8 Å². The molecule has 0 bridgehead atoms. The van der Waals surface area contributed by atoms with E-state index in [1.807, 2.05) is 0 Å². The quantitative estimate of drug-likeness (QED) is 0.0143. The summed E-state index contributed by atoms with van der Waals surface area (Å²) >= 11 is 0. The van der Waals surface area contributed by atoms with Gasteiger partial charge in [-0.1, -0.05) is 273 Å². The van der Waals surface area contributed by atoms with Gasteiger partial charge in [0, 0.05) is 19.3 Å². The average Bonchev–Trinajstić information content (AvgIpc) is 0.784. The van der Waals surface area contributed by atoms with Crippen molar-refractivity contribution in [3.8, 4) is 0 Å². The van der Waals surface area contributed by atoms with Crippen LogP contribution in [-0.4, -0.2) is 130 Å². The molecule has 0 aliphatic carbocycles. The molecule has 0 aromatic carbocycles. The summed E-state index contributed by atoms with van der Waals surface area (Å²) in [5.74, 6) is -5.58. The highest BCUT2D eigenvalue weighted by molar-refractivity contribution is 7.46. The lowest BCUT2D eigenvalue weighted by molar-refractivity contribution is -0.272. The number of nitrogens with one attached hydrogen (secondary N) is 2. The Morgan fingerprint density at radius 2 is 0.742 bits per heavy atom. The van der Waals surface area contributed by atoms with Gasteiger partial charge in [0.15, 0.2) is 18.4 Å². The Balaban J connectivity index is 3.83. The lowest BCUT2D eigenvalue weighted by Crippen LogP contribution is -2.66. The second kappa shape index (κ2) is 61.0. The summed E-state index contributed by atoms with van der Waals surface area (Å²) in [6.07, 6.45) is 30.8. The van der Waals surface area contributed by atoms with E-state index in [0.29, 0.717) is 51.4 Å². The van der Waals surface area contributed by atoms with Gasteiger partial charge in [-0.3, -0.25) is 33.3 Å². The number of carbonyl (C=O) groups is 7. The molecule has 0 saturated carbocycles. The minimum absolute atomic E-state index is 0.120. The molecule has 21 nitrogen and oxygen atoms in total. The van der Waals surface area contributed by atoms with Crippen LogP contribution in [0.3, 0.4) is 0 Å². The van der Waals surface area contributed by atoms with Gasteiger partial charge in [-0.25, -0.2) is 9.36 Å².